The molecule has 0 radical (unpaired) electrons. The summed E-state index contributed by atoms with van der Waals surface area (Å²) in [4.78, 5) is 16.1. The van der Waals surface area contributed by atoms with Gasteiger partial charge in [-0.25, -0.2) is 0 Å². The lowest BCUT2D eigenvalue weighted by atomic mass is 10.1. The number of pyridine rings is 1. The van der Waals surface area contributed by atoms with Crippen LogP contribution in [0.1, 0.15) is 35.7 Å². The molecule has 1 unspecified atom stereocenters. The molecular weight excluding hydrogens is 272 g/mol. The molecule has 0 aliphatic rings. The number of aromatic nitrogens is 1. The molecule has 1 aromatic heterocycles. The fraction of sp³-hybridized carbons (Fsp3) is 0.467. The Labute approximate surface area is 124 Å². The number of hydrogen-bond acceptors (Lipinski definition) is 4. The van der Waals surface area contributed by atoms with Crippen molar-refractivity contribution in [3.05, 3.63) is 29.6 Å². The number of aliphatic hydroxyl groups is 1. The minimum absolute atomic E-state index is 0.0353. The third-order valence-corrected chi connectivity index (χ3v) is 3.25. The van der Waals surface area contributed by atoms with Crippen molar-refractivity contribution in [3.63, 3.8) is 0 Å². The molecule has 0 aromatic carbocycles. The third-order valence-electron chi connectivity index (χ3n) is 2.60. The number of nitrogens with zero attached hydrogens (tertiary/aromatic N) is 1. The maximum absolute atomic E-state index is 12.1. The summed E-state index contributed by atoms with van der Waals surface area (Å²) in [5.74, 6) is 6.58. The zero-order valence-electron chi connectivity index (χ0n) is 11.8. The van der Waals surface area contributed by atoms with Gasteiger partial charge in [-0.3, -0.25) is 9.78 Å². The first kappa shape index (κ1) is 16.5. The van der Waals surface area contributed by atoms with E-state index in [-0.39, 0.29) is 18.6 Å². The topological polar surface area (TPSA) is 62.2 Å². The molecule has 108 valence electrons. The normalized spacial score (nSPS) is 11.3. The molecule has 1 aromatic rings. The Kier molecular flexibility index (Phi) is 7.78. The van der Waals surface area contributed by atoms with Crippen LogP contribution in [0.15, 0.2) is 18.5 Å². The molecule has 1 heterocycles. The molecule has 1 rings (SSSR count). The molecule has 5 heteroatoms. The van der Waals surface area contributed by atoms with E-state index in [2.05, 4.69) is 22.1 Å². The lowest BCUT2D eigenvalue weighted by Gasteiger charge is -2.13. The highest BCUT2D eigenvalue weighted by atomic mass is 32.2. The third kappa shape index (κ3) is 6.09. The van der Waals surface area contributed by atoms with Gasteiger partial charge in [0.1, 0.15) is 0 Å². The van der Waals surface area contributed by atoms with Crippen LogP contribution in [-0.4, -0.2) is 40.7 Å². The molecule has 0 fully saturated rings. The minimum Gasteiger partial charge on any atom is -0.395 e. The zero-order valence-corrected chi connectivity index (χ0v) is 12.7. The first-order valence-electron chi connectivity index (χ1n) is 6.52. The fourth-order valence-electron chi connectivity index (χ4n) is 1.53. The molecule has 4 nitrogen and oxygen atoms in total. The Morgan fingerprint density at radius 1 is 1.55 bits per heavy atom. The molecular formula is C15H20N2O2S. The molecule has 0 saturated heterocycles. The lowest BCUT2D eigenvalue weighted by molar-refractivity contribution is 0.0939. The average Bonchev–Trinajstić information content (AvgIpc) is 2.45. The van der Waals surface area contributed by atoms with Crippen LogP contribution in [0, 0.1) is 11.8 Å². The van der Waals surface area contributed by atoms with Gasteiger partial charge >= 0.3 is 0 Å². The van der Waals surface area contributed by atoms with Crippen molar-refractivity contribution in [3.8, 4) is 11.8 Å². The monoisotopic (exact) mass is 292 g/mol. The van der Waals surface area contributed by atoms with E-state index in [1.165, 1.54) is 6.20 Å². The summed E-state index contributed by atoms with van der Waals surface area (Å²) < 4.78 is 0. The largest absolute Gasteiger partial charge is 0.395 e. The standard InChI is InChI=1S/C15H20N2O2S/c1-12(6-8-20-2)17-15(19)14-9-13(10-16-11-14)5-3-4-7-18/h9-12,18H,4,6-8H2,1-2H3,(H,17,19). The summed E-state index contributed by atoms with van der Waals surface area (Å²) >= 11 is 1.76. The van der Waals surface area contributed by atoms with Gasteiger partial charge in [-0.2, -0.15) is 11.8 Å². The number of amides is 1. The fourth-order valence-corrected chi connectivity index (χ4v) is 2.12. The second kappa shape index (κ2) is 9.40. The minimum atomic E-state index is -0.128. The number of aliphatic hydroxyl groups excluding tert-OH is 1. The van der Waals surface area contributed by atoms with Crippen molar-refractivity contribution in [2.75, 3.05) is 18.6 Å². The van der Waals surface area contributed by atoms with E-state index in [1.807, 2.05) is 13.2 Å². The molecule has 0 aliphatic carbocycles. The highest BCUT2D eigenvalue weighted by Crippen LogP contribution is 2.04. The molecule has 0 spiro atoms. The van der Waals surface area contributed by atoms with Gasteiger partial charge in [0.2, 0.25) is 0 Å². The Morgan fingerprint density at radius 2 is 2.35 bits per heavy atom. The summed E-state index contributed by atoms with van der Waals surface area (Å²) in [7, 11) is 0. The van der Waals surface area contributed by atoms with Crippen molar-refractivity contribution < 1.29 is 9.90 Å². The number of carbonyl (C=O) groups is 1. The van der Waals surface area contributed by atoms with Gasteiger partial charge in [-0.05, 0) is 31.4 Å². The molecule has 20 heavy (non-hydrogen) atoms. The number of thioether (sulfide) groups is 1. The van der Waals surface area contributed by atoms with Crippen LogP contribution in [0.4, 0.5) is 0 Å². The second-order valence-corrected chi connectivity index (χ2v) is 5.38. The Bertz CT molecular complexity index is 494. The smallest absolute Gasteiger partial charge is 0.253 e. The van der Waals surface area contributed by atoms with Gasteiger partial charge in [0, 0.05) is 30.4 Å². The number of hydrogen-bond donors (Lipinski definition) is 2. The van der Waals surface area contributed by atoms with Gasteiger partial charge < -0.3 is 10.4 Å². The van der Waals surface area contributed by atoms with Crippen molar-refractivity contribution in [1.29, 1.82) is 0 Å². The number of nitrogens with one attached hydrogen (secondary N) is 1. The summed E-state index contributed by atoms with van der Waals surface area (Å²) in [5.41, 5.74) is 1.19. The number of rotatable bonds is 6. The first-order chi connectivity index (χ1) is 9.67. The van der Waals surface area contributed by atoms with Crippen molar-refractivity contribution in [2.45, 2.75) is 25.8 Å². The van der Waals surface area contributed by atoms with E-state index in [9.17, 15) is 4.79 Å². The van der Waals surface area contributed by atoms with E-state index < -0.39 is 0 Å². The Hall–Kier alpha value is -1.51. The van der Waals surface area contributed by atoms with Crippen molar-refractivity contribution in [2.24, 2.45) is 0 Å². The van der Waals surface area contributed by atoms with Crippen molar-refractivity contribution >= 4 is 17.7 Å². The van der Waals surface area contributed by atoms with Crippen LogP contribution in [0.3, 0.4) is 0 Å². The molecule has 0 aliphatic heterocycles. The Morgan fingerprint density at radius 3 is 3.05 bits per heavy atom. The van der Waals surface area contributed by atoms with Gasteiger partial charge in [0.05, 0.1) is 12.2 Å². The predicted octanol–water partition coefficient (Wildman–Crippen LogP) is 1.69. The summed E-state index contributed by atoms with van der Waals surface area (Å²) in [5, 5.41) is 11.6. The molecule has 1 amide bonds. The maximum Gasteiger partial charge on any atom is 0.253 e. The van der Waals surface area contributed by atoms with Crippen LogP contribution >= 0.6 is 11.8 Å². The lowest BCUT2D eigenvalue weighted by Crippen LogP contribution is -2.33. The molecule has 0 saturated carbocycles. The van der Waals surface area contributed by atoms with Crippen LogP contribution in [0.5, 0.6) is 0 Å². The van der Waals surface area contributed by atoms with E-state index in [0.717, 1.165) is 12.2 Å². The summed E-state index contributed by atoms with van der Waals surface area (Å²) in [6, 6.07) is 1.85. The predicted molar refractivity (Wildman–Crippen MR) is 82.7 cm³/mol. The number of carbonyl (C=O) groups excluding carboxylic acids is 1. The van der Waals surface area contributed by atoms with Crippen LogP contribution in [0.2, 0.25) is 0 Å². The Balaban J connectivity index is 2.64. The van der Waals surface area contributed by atoms with Gasteiger partial charge in [-0.1, -0.05) is 11.8 Å². The molecule has 0 bridgehead atoms. The van der Waals surface area contributed by atoms with E-state index in [0.29, 0.717) is 17.5 Å². The highest BCUT2D eigenvalue weighted by molar-refractivity contribution is 7.98. The van der Waals surface area contributed by atoms with E-state index in [4.69, 9.17) is 5.11 Å². The van der Waals surface area contributed by atoms with Gasteiger partial charge in [0.15, 0.2) is 0 Å². The summed E-state index contributed by atoms with van der Waals surface area (Å²) in [6.07, 6.45) is 6.55. The SMILES string of the molecule is CSCCC(C)NC(=O)c1cncc(C#CCCO)c1. The van der Waals surface area contributed by atoms with Crippen LogP contribution < -0.4 is 5.32 Å². The maximum atomic E-state index is 12.1. The second-order valence-electron chi connectivity index (χ2n) is 4.39. The van der Waals surface area contributed by atoms with Gasteiger partial charge in [-0.15, -0.1) is 0 Å². The van der Waals surface area contributed by atoms with E-state index >= 15 is 0 Å². The van der Waals surface area contributed by atoms with Gasteiger partial charge in [0.25, 0.3) is 5.91 Å². The highest BCUT2D eigenvalue weighted by Gasteiger charge is 2.10. The zero-order chi connectivity index (χ0) is 14.8. The summed E-state index contributed by atoms with van der Waals surface area (Å²) in [6.45, 7) is 2.03. The molecule has 2 N–H and O–H groups in total. The first-order valence-corrected chi connectivity index (χ1v) is 7.91. The molecule has 1 atom stereocenters. The van der Waals surface area contributed by atoms with Crippen LogP contribution in [0.25, 0.3) is 0 Å². The van der Waals surface area contributed by atoms with E-state index in [1.54, 1.807) is 24.0 Å². The average molecular weight is 292 g/mol. The van der Waals surface area contributed by atoms with Crippen LogP contribution in [-0.2, 0) is 0 Å². The quantitative estimate of drug-likeness (QED) is 0.783. The van der Waals surface area contributed by atoms with Crippen molar-refractivity contribution in [1.82, 2.24) is 10.3 Å².